The first-order chi connectivity index (χ1) is 7.89. The third-order valence-corrected chi connectivity index (χ3v) is 3.17. The Balaban J connectivity index is 2.13. The number of hydrogen-bond donors (Lipinski definition) is 1. The highest BCUT2D eigenvalue weighted by Crippen LogP contribution is 2.34. The fraction of sp³-hybridized carbons (Fsp3) is 0.909. The van der Waals surface area contributed by atoms with E-state index >= 15 is 0 Å². The van der Waals surface area contributed by atoms with Crippen molar-refractivity contribution in [3.8, 4) is 0 Å². The van der Waals surface area contributed by atoms with Crippen LogP contribution in [0.15, 0.2) is 0 Å². The quantitative estimate of drug-likeness (QED) is 0.765. The van der Waals surface area contributed by atoms with E-state index in [1.54, 1.807) is 0 Å². The molecule has 100 valence electrons. The van der Waals surface area contributed by atoms with Gasteiger partial charge in [0.1, 0.15) is 0 Å². The molecule has 0 amide bonds. The Hall–Kier alpha value is -0.780. The molecule has 1 N–H and O–H groups in total. The lowest BCUT2D eigenvalue weighted by Gasteiger charge is -2.32. The third-order valence-electron chi connectivity index (χ3n) is 3.17. The number of piperidine rings is 1. The number of alkyl halides is 3. The molecule has 0 spiro atoms. The molecule has 0 unspecified atom stereocenters. The van der Waals surface area contributed by atoms with Crippen LogP contribution in [0.5, 0.6) is 0 Å². The van der Waals surface area contributed by atoms with Crippen molar-refractivity contribution in [3.63, 3.8) is 0 Å². The first-order valence-corrected chi connectivity index (χ1v) is 5.90. The Morgan fingerprint density at radius 1 is 1.24 bits per heavy atom. The zero-order valence-electron chi connectivity index (χ0n) is 9.67. The Labute approximate surface area is 98.6 Å². The van der Waals surface area contributed by atoms with Crippen molar-refractivity contribution in [1.29, 1.82) is 0 Å². The van der Waals surface area contributed by atoms with Crippen LogP contribution in [-0.2, 0) is 4.79 Å². The third kappa shape index (κ3) is 5.39. The van der Waals surface area contributed by atoms with Gasteiger partial charge >= 0.3 is 12.1 Å². The van der Waals surface area contributed by atoms with Gasteiger partial charge in [-0.05, 0) is 45.3 Å². The molecule has 0 aromatic rings. The molecule has 0 aromatic carbocycles. The van der Waals surface area contributed by atoms with Gasteiger partial charge in [-0.3, -0.25) is 4.79 Å². The molecule has 1 saturated heterocycles. The predicted octanol–water partition coefficient (Wildman–Crippen LogP) is 2.52. The van der Waals surface area contributed by atoms with E-state index < -0.39 is 18.1 Å². The molecule has 0 aromatic heterocycles. The van der Waals surface area contributed by atoms with Gasteiger partial charge in [0.15, 0.2) is 0 Å². The number of unbranched alkanes of at least 4 members (excludes halogenated alkanes) is 1. The zero-order valence-corrected chi connectivity index (χ0v) is 9.67. The largest absolute Gasteiger partial charge is 0.481 e. The van der Waals surface area contributed by atoms with Gasteiger partial charge in [0.2, 0.25) is 0 Å². The van der Waals surface area contributed by atoms with E-state index in [0.717, 1.165) is 6.42 Å². The number of halogens is 3. The monoisotopic (exact) mass is 253 g/mol. The maximum absolute atomic E-state index is 12.4. The summed E-state index contributed by atoms with van der Waals surface area (Å²) < 4.78 is 37.1. The Bertz CT molecular complexity index is 248. The number of likely N-dealkylation sites (tertiary alicyclic amines) is 1. The van der Waals surface area contributed by atoms with Crippen molar-refractivity contribution < 1.29 is 23.1 Å². The summed E-state index contributed by atoms with van der Waals surface area (Å²) >= 11 is 0. The highest BCUT2D eigenvalue weighted by molar-refractivity contribution is 5.66. The molecule has 1 aliphatic rings. The van der Waals surface area contributed by atoms with Crippen LogP contribution in [-0.4, -0.2) is 41.8 Å². The molecule has 0 bridgehead atoms. The average molecular weight is 253 g/mol. The Kier molecular flexibility index (Phi) is 5.24. The van der Waals surface area contributed by atoms with Crippen molar-refractivity contribution in [1.82, 2.24) is 4.90 Å². The minimum Gasteiger partial charge on any atom is -0.481 e. The van der Waals surface area contributed by atoms with Crippen molar-refractivity contribution >= 4 is 5.97 Å². The van der Waals surface area contributed by atoms with Crippen molar-refractivity contribution in [2.45, 2.75) is 38.3 Å². The maximum atomic E-state index is 12.4. The summed E-state index contributed by atoms with van der Waals surface area (Å²) in [7, 11) is 0. The molecule has 1 aliphatic heterocycles. The minimum absolute atomic E-state index is 0.138. The van der Waals surface area contributed by atoms with Crippen molar-refractivity contribution in [2.75, 3.05) is 19.6 Å². The van der Waals surface area contributed by atoms with Crippen molar-refractivity contribution in [3.05, 3.63) is 0 Å². The van der Waals surface area contributed by atoms with Crippen LogP contribution in [0.2, 0.25) is 0 Å². The topological polar surface area (TPSA) is 40.5 Å². The molecule has 0 saturated carbocycles. The number of carboxylic acid groups (broad SMARTS) is 1. The molecule has 0 atom stereocenters. The molecule has 1 fully saturated rings. The van der Waals surface area contributed by atoms with E-state index in [0.29, 0.717) is 26.1 Å². The Morgan fingerprint density at radius 3 is 2.29 bits per heavy atom. The molecule has 0 radical (unpaired) electrons. The normalized spacial score (nSPS) is 19.5. The van der Waals surface area contributed by atoms with E-state index in [4.69, 9.17) is 5.11 Å². The van der Waals surface area contributed by atoms with Gasteiger partial charge < -0.3 is 10.0 Å². The lowest BCUT2D eigenvalue weighted by molar-refractivity contribution is -0.185. The van der Waals surface area contributed by atoms with E-state index in [1.165, 1.54) is 0 Å². The lowest BCUT2D eigenvalue weighted by Crippen LogP contribution is -2.39. The summed E-state index contributed by atoms with van der Waals surface area (Å²) in [6.07, 6.45) is -2.25. The summed E-state index contributed by atoms with van der Waals surface area (Å²) in [6.45, 7) is 1.65. The van der Waals surface area contributed by atoms with Crippen LogP contribution in [0.1, 0.15) is 32.1 Å². The molecule has 1 rings (SSSR count). The van der Waals surface area contributed by atoms with Gasteiger partial charge in [0.25, 0.3) is 0 Å². The van der Waals surface area contributed by atoms with Crippen LogP contribution in [0.3, 0.4) is 0 Å². The summed E-state index contributed by atoms with van der Waals surface area (Å²) in [4.78, 5) is 12.3. The van der Waals surface area contributed by atoms with Crippen LogP contribution >= 0.6 is 0 Å². The van der Waals surface area contributed by atoms with E-state index in [1.807, 2.05) is 4.90 Å². The minimum atomic E-state index is -4.06. The molecular weight excluding hydrogens is 235 g/mol. The van der Waals surface area contributed by atoms with Crippen LogP contribution in [0.4, 0.5) is 13.2 Å². The number of carbonyl (C=O) groups is 1. The molecule has 17 heavy (non-hydrogen) atoms. The van der Waals surface area contributed by atoms with Gasteiger partial charge in [-0.2, -0.15) is 13.2 Å². The molecule has 3 nitrogen and oxygen atoms in total. The smallest absolute Gasteiger partial charge is 0.391 e. The summed E-state index contributed by atoms with van der Waals surface area (Å²) in [5, 5.41) is 8.44. The lowest BCUT2D eigenvalue weighted by atomic mass is 9.96. The first kappa shape index (κ1) is 14.3. The fourth-order valence-corrected chi connectivity index (χ4v) is 2.10. The van der Waals surface area contributed by atoms with Crippen LogP contribution in [0.25, 0.3) is 0 Å². The number of aliphatic carboxylic acids is 1. The molecule has 1 heterocycles. The van der Waals surface area contributed by atoms with Gasteiger partial charge in [-0.15, -0.1) is 0 Å². The van der Waals surface area contributed by atoms with Gasteiger partial charge in [-0.1, -0.05) is 0 Å². The average Bonchev–Trinajstić information content (AvgIpc) is 2.23. The Morgan fingerprint density at radius 2 is 1.82 bits per heavy atom. The first-order valence-electron chi connectivity index (χ1n) is 5.90. The van der Waals surface area contributed by atoms with Crippen LogP contribution < -0.4 is 0 Å². The highest BCUT2D eigenvalue weighted by Gasteiger charge is 2.40. The summed E-state index contributed by atoms with van der Waals surface area (Å²) in [6, 6.07) is 0. The number of rotatable bonds is 5. The number of hydrogen-bond acceptors (Lipinski definition) is 2. The second-order valence-corrected chi connectivity index (χ2v) is 4.51. The van der Waals surface area contributed by atoms with Gasteiger partial charge in [0.05, 0.1) is 5.92 Å². The van der Waals surface area contributed by atoms with E-state index in [9.17, 15) is 18.0 Å². The zero-order chi connectivity index (χ0) is 12.9. The summed E-state index contributed by atoms with van der Waals surface area (Å²) in [5.41, 5.74) is 0. The number of carboxylic acids is 1. The fourth-order valence-electron chi connectivity index (χ4n) is 2.10. The van der Waals surface area contributed by atoms with Gasteiger partial charge in [-0.25, -0.2) is 0 Å². The standard InChI is InChI=1S/C11H18F3NO2/c12-11(13,14)9-4-7-15(8-5-9)6-2-1-3-10(16)17/h9H,1-8H2,(H,16,17). The van der Waals surface area contributed by atoms with Gasteiger partial charge in [0, 0.05) is 6.42 Å². The summed E-state index contributed by atoms with van der Waals surface area (Å²) in [5.74, 6) is -1.97. The van der Waals surface area contributed by atoms with Crippen LogP contribution in [0, 0.1) is 5.92 Å². The van der Waals surface area contributed by atoms with E-state index in [-0.39, 0.29) is 19.3 Å². The maximum Gasteiger partial charge on any atom is 0.391 e. The molecule has 0 aliphatic carbocycles. The number of nitrogens with zero attached hydrogens (tertiary/aromatic N) is 1. The van der Waals surface area contributed by atoms with Crippen molar-refractivity contribution in [2.24, 2.45) is 5.92 Å². The second-order valence-electron chi connectivity index (χ2n) is 4.51. The SMILES string of the molecule is O=C(O)CCCCN1CCC(C(F)(F)F)CC1. The molecule has 6 heteroatoms. The highest BCUT2D eigenvalue weighted by atomic mass is 19.4. The van der Waals surface area contributed by atoms with E-state index in [2.05, 4.69) is 0 Å². The molecular formula is C11H18F3NO2. The predicted molar refractivity (Wildman–Crippen MR) is 56.7 cm³/mol. The second kappa shape index (κ2) is 6.23.